The quantitative estimate of drug-likeness (QED) is 0.762. The molecule has 1 aliphatic heterocycles. The molecule has 0 bridgehead atoms. The molecule has 0 N–H and O–H groups in total. The standard InChI is InChI=1S/C15H26N4O2/c1-5-21-15(20)13-9-16-19(4)14(13)11-18(3)12-7-6-8-17(2)10-12/h9,12H,5-8,10-11H2,1-4H3. The first-order chi connectivity index (χ1) is 10.0. The summed E-state index contributed by atoms with van der Waals surface area (Å²) in [6.45, 7) is 5.16. The molecule has 1 aromatic heterocycles. The number of likely N-dealkylation sites (N-methyl/N-ethyl adjacent to an activating group) is 2. The lowest BCUT2D eigenvalue weighted by Gasteiger charge is -2.35. The largest absolute Gasteiger partial charge is 0.462 e. The Hall–Kier alpha value is -1.40. The molecule has 0 aromatic carbocycles. The summed E-state index contributed by atoms with van der Waals surface area (Å²) < 4.78 is 6.88. The first-order valence-electron chi connectivity index (χ1n) is 7.59. The van der Waals surface area contributed by atoms with E-state index < -0.39 is 0 Å². The minimum Gasteiger partial charge on any atom is -0.462 e. The van der Waals surface area contributed by atoms with E-state index in [0.717, 1.165) is 12.2 Å². The average Bonchev–Trinajstić information content (AvgIpc) is 2.80. The van der Waals surface area contributed by atoms with E-state index in [9.17, 15) is 4.79 Å². The summed E-state index contributed by atoms with van der Waals surface area (Å²) in [4.78, 5) is 16.7. The van der Waals surface area contributed by atoms with Crippen LogP contribution in [0, 0.1) is 0 Å². The predicted molar refractivity (Wildman–Crippen MR) is 81.2 cm³/mol. The fraction of sp³-hybridized carbons (Fsp3) is 0.733. The highest BCUT2D eigenvalue weighted by molar-refractivity contribution is 5.90. The minimum absolute atomic E-state index is 0.283. The molecule has 0 spiro atoms. The maximum Gasteiger partial charge on any atom is 0.341 e. The number of likely N-dealkylation sites (tertiary alicyclic amines) is 1. The number of aromatic nitrogens is 2. The zero-order valence-electron chi connectivity index (χ0n) is 13.5. The maximum atomic E-state index is 12.0. The van der Waals surface area contributed by atoms with Gasteiger partial charge in [-0.05, 0) is 40.4 Å². The molecule has 0 saturated carbocycles. The van der Waals surface area contributed by atoms with E-state index in [1.54, 1.807) is 10.9 Å². The van der Waals surface area contributed by atoms with Gasteiger partial charge in [0.2, 0.25) is 0 Å². The van der Waals surface area contributed by atoms with Gasteiger partial charge in [-0.25, -0.2) is 4.79 Å². The van der Waals surface area contributed by atoms with Gasteiger partial charge in [0.05, 0.1) is 18.5 Å². The molecule has 6 heteroatoms. The van der Waals surface area contributed by atoms with Crippen LogP contribution in [0.2, 0.25) is 0 Å². The van der Waals surface area contributed by atoms with Gasteiger partial charge in [-0.3, -0.25) is 9.58 Å². The number of esters is 1. The van der Waals surface area contributed by atoms with E-state index in [0.29, 0.717) is 24.8 Å². The van der Waals surface area contributed by atoms with E-state index in [-0.39, 0.29) is 5.97 Å². The van der Waals surface area contributed by atoms with Crippen LogP contribution >= 0.6 is 0 Å². The summed E-state index contributed by atoms with van der Waals surface area (Å²) in [5.74, 6) is -0.283. The molecule has 0 aliphatic carbocycles. The number of hydrogen-bond acceptors (Lipinski definition) is 5. The summed E-state index contributed by atoms with van der Waals surface area (Å²) in [7, 11) is 6.15. The number of piperidine rings is 1. The molecule has 1 fully saturated rings. The van der Waals surface area contributed by atoms with E-state index >= 15 is 0 Å². The molecule has 2 heterocycles. The third kappa shape index (κ3) is 3.83. The van der Waals surface area contributed by atoms with Gasteiger partial charge >= 0.3 is 5.97 Å². The highest BCUT2D eigenvalue weighted by Crippen LogP contribution is 2.18. The van der Waals surface area contributed by atoms with Crippen LogP contribution in [0.15, 0.2) is 6.20 Å². The summed E-state index contributed by atoms with van der Waals surface area (Å²) in [6, 6.07) is 0.522. The SMILES string of the molecule is CCOC(=O)c1cnn(C)c1CN(C)C1CCCN(C)C1. The molecular weight excluding hydrogens is 268 g/mol. The van der Waals surface area contributed by atoms with Crippen LogP contribution in [0.25, 0.3) is 0 Å². The molecule has 1 aliphatic rings. The van der Waals surface area contributed by atoms with Crippen LogP contribution in [0.1, 0.15) is 35.8 Å². The van der Waals surface area contributed by atoms with Crippen molar-refractivity contribution in [3.05, 3.63) is 17.5 Å². The monoisotopic (exact) mass is 294 g/mol. The predicted octanol–water partition coefficient (Wildman–Crippen LogP) is 1.12. The molecular formula is C15H26N4O2. The number of aryl methyl sites for hydroxylation is 1. The van der Waals surface area contributed by atoms with Crippen molar-refractivity contribution in [1.29, 1.82) is 0 Å². The summed E-state index contributed by atoms with van der Waals surface area (Å²) in [5.41, 5.74) is 1.50. The van der Waals surface area contributed by atoms with E-state index in [1.807, 2.05) is 14.0 Å². The van der Waals surface area contributed by atoms with E-state index in [1.165, 1.54) is 19.4 Å². The number of rotatable bonds is 5. The van der Waals surface area contributed by atoms with Crippen LogP contribution in [0.3, 0.4) is 0 Å². The molecule has 1 unspecified atom stereocenters. The van der Waals surface area contributed by atoms with Crippen LogP contribution in [0.5, 0.6) is 0 Å². The molecule has 1 saturated heterocycles. The molecule has 0 amide bonds. The Morgan fingerprint density at radius 1 is 1.52 bits per heavy atom. The Morgan fingerprint density at radius 2 is 2.29 bits per heavy atom. The lowest BCUT2D eigenvalue weighted by molar-refractivity contribution is 0.0522. The van der Waals surface area contributed by atoms with Gasteiger partial charge in [-0.2, -0.15) is 5.10 Å². The van der Waals surface area contributed by atoms with Gasteiger partial charge in [-0.1, -0.05) is 0 Å². The van der Waals surface area contributed by atoms with Crippen molar-refractivity contribution >= 4 is 5.97 Å². The number of hydrogen-bond donors (Lipinski definition) is 0. The van der Waals surface area contributed by atoms with Gasteiger partial charge in [0.15, 0.2) is 0 Å². The Labute approximate surface area is 126 Å². The third-order valence-electron chi connectivity index (χ3n) is 4.18. The third-order valence-corrected chi connectivity index (χ3v) is 4.18. The summed E-state index contributed by atoms with van der Waals surface area (Å²) >= 11 is 0. The lowest BCUT2D eigenvalue weighted by atomic mass is 10.0. The number of carbonyl (C=O) groups is 1. The molecule has 0 radical (unpaired) electrons. The van der Waals surface area contributed by atoms with E-state index in [2.05, 4.69) is 29.0 Å². The first-order valence-corrected chi connectivity index (χ1v) is 7.59. The van der Waals surface area contributed by atoms with Crippen molar-refractivity contribution in [2.75, 3.05) is 33.8 Å². The van der Waals surface area contributed by atoms with E-state index in [4.69, 9.17) is 4.74 Å². The van der Waals surface area contributed by atoms with Gasteiger partial charge in [0, 0.05) is 26.2 Å². The minimum atomic E-state index is -0.283. The molecule has 118 valence electrons. The second kappa shape index (κ2) is 7.04. The van der Waals surface area contributed by atoms with Crippen molar-refractivity contribution < 1.29 is 9.53 Å². The van der Waals surface area contributed by atoms with Crippen LogP contribution in [0.4, 0.5) is 0 Å². The van der Waals surface area contributed by atoms with Gasteiger partial charge in [0.1, 0.15) is 5.56 Å². The summed E-state index contributed by atoms with van der Waals surface area (Å²) in [6.07, 6.45) is 4.03. The highest BCUT2D eigenvalue weighted by atomic mass is 16.5. The highest BCUT2D eigenvalue weighted by Gasteiger charge is 2.24. The van der Waals surface area contributed by atoms with Crippen LogP contribution < -0.4 is 0 Å². The van der Waals surface area contributed by atoms with Gasteiger partial charge in [-0.15, -0.1) is 0 Å². The van der Waals surface area contributed by atoms with Crippen molar-refractivity contribution in [3.63, 3.8) is 0 Å². The molecule has 1 aromatic rings. The fourth-order valence-electron chi connectivity index (χ4n) is 2.89. The number of nitrogens with zero attached hydrogens (tertiary/aromatic N) is 4. The Balaban J connectivity index is 2.08. The second-order valence-corrected chi connectivity index (χ2v) is 5.82. The van der Waals surface area contributed by atoms with Crippen LogP contribution in [-0.4, -0.2) is 65.4 Å². The van der Waals surface area contributed by atoms with Crippen molar-refractivity contribution in [2.24, 2.45) is 7.05 Å². The van der Waals surface area contributed by atoms with Crippen LogP contribution in [-0.2, 0) is 18.3 Å². The van der Waals surface area contributed by atoms with Crippen molar-refractivity contribution in [2.45, 2.75) is 32.4 Å². The Bertz CT molecular complexity index is 486. The Kier molecular flexibility index (Phi) is 5.36. The Morgan fingerprint density at radius 3 is 2.95 bits per heavy atom. The molecule has 1 atom stereocenters. The maximum absolute atomic E-state index is 12.0. The smallest absolute Gasteiger partial charge is 0.341 e. The van der Waals surface area contributed by atoms with Crippen molar-refractivity contribution in [1.82, 2.24) is 19.6 Å². The van der Waals surface area contributed by atoms with Gasteiger partial charge < -0.3 is 9.64 Å². The molecule has 6 nitrogen and oxygen atoms in total. The first kappa shape index (κ1) is 16.0. The lowest BCUT2D eigenvalue weighted by Crippen LogP contribution is -2.44. The van der Waals surface area contributed by atoms with Crippen molar-refractivity contribution in [3.8, 4) is 0 Å². The summed E-state index contributed by atoms with van der Waals surface area (Å²) in [5, 5.41) is 4.21. The molecule has 21 heavy (non-hydrogen) atoms. The fourth-order valence-corrected chi connectivity index (χ4v) is 2.89. The second-order valence-electron chi connectivity index (χ2n) is 5.82. The normalized spacial score (nSPS) is 20.0. The number of carbonyl (C=O) groups excluding carboxylic acids is 1. The zero-order valence-corrected chi connectivity index (χ0v) is 13.5. The zero-order chi connectivity index (χ0) is 15.4. The topological polar surface area (TPSA) is 50.6 Å². The average molecular weight is 294 g/mol. The molecule has 2 rings (SSSR count). The van der Waals surface area contributed by atoms with Gasteiger partial charge in [0.25, 0.3) is 0 Å². The number of ether oxygens (including phenoxy) is 1.